The summed E-state index contributed by atoms with van der Waals surface area (Å²) < 4.78 is 8.57. The fourth-order valence-corrected chi connectivity index (χ4v) is 0.387. The van der Waals surface area contributed by atoms with Crippen LogP contribution in [0.25, 0.3) is 0 Å². The van der Waals surface area contributed by atoms with Gasteiger partial charge in [-0.1, -0.05) is 0 Å². The van der Waals surface area contributed by atoms with Gasteiger partial charge in [0.25, 0.3) is 6.29 Å². The van der Waals surface area contributed by atoms with Crippen molar-refractivity contribution in [2.75, 3.05) is 13.7 Å². The molecule has 1 atom stereocenters. The number of rotatable bonds is 5. The zero-order valence-corrected chi connectivity index (χ0v) is 5.81. The molecule has 0 saturated heterocycles. The highest BCUT2D eigenvalue weighted by Gasteiger charge is 2.17. The lowest BCUT2D eigenvalue weighted by molar-refractivity contribution is -0.187. The zero-order valence-electron chi connectivity index (χ0n) is 5.81. The molecule has 0 amide bonds. The van der Waals surface area contributed by atoms with E-state index in [0.717, 1.165) is 7.11 Å². The second-order valence-corrected chi connectivity index (χ2v) is 1.61. The Hall–Kier alpha value is -1.14. The molecule has 0 fully saturated rings. The standard InChI is InChI=1S/C5H8O6/c1-10-5(4(8)9)11-2-3(6)7/h5H,2H2,1H3,(H,6,7)(H,8,9)/t5-/m0/s1. The Bertz CT molecular complexity index is 153. The van der Waals surface area contributed by atoms with Crippen molar-refractivity contribution in [1.82, 2.24) is 0 Å². The van der Waals surface area contributed by atoms with E-state index >= 15 is 0 Å². The summed E-state index contributed by atoms with van der Waals surface area (Å²) in [5.41, 5.74) is 0. The van der Waals surface area contributed by atoms with Crippen molar-refractivity contribution in [3.05, 3.63) is 0 Å². The van der Waals surface area contributed by atoms with Crippen molar-refractivity contribution in [1.29, 1.82) is 0 Å². The van der Waals surface area contributed by atoms with Gasteiger partial charge in [-0.2, -0.15) is 0 Å². The summed E-state index contributed by atoms with van der Waals surface area (Å²) >= 11 is 0. The van der Waals surface area contributed by atoms with Crippen molar-refractivity contribution in [3.63, 3.8) is 0 Å². The smallest absolute Gasteiger partial charge is 0.361 e. The number of ether oxygens (including phenoxy) is 2. The minimum absolute atomic E-state index is 0.690. The first-order valence-corrected chi connectivity index (χ1v) is 2.67. The van der Waals surface area contributed by atoms with Crippen LogP contribution in [0, 0.1) is 0 Å². The van der Waals surface area contributed by atoms with Crippen LogP contribution in [0.1, 0.15) is 0 Å². The van der Waals surface area contributed by atoms with E-state index in [1.54, 1.807) is 0 Å². The summed E-state index contributed by atoms with van der Waals surface area (Å²) in [7, 11) is 1.11. The summed E-state index contributed by atoms with van der Waals surface area (Å²) in [6.07, 6.45) is -1.51. The molecule has 11 heavy (non-hydrogen) atoms. The third kappa shape index (κ3) is 4.29. The summed E-state index contributed by atoms with van der Waals surface area (Å²) in [5, 5.41) is 16.3. The van der Waals surface area contributed by atoms with Crippen LogP contribution in [-0.2, 0) is 19.1 Å². The zero-order chi connectivity index (χ0) is 8.85. The van der Waals surface area contributed by atoms with Crippen LogP contribution in [0.2, 0.25) is 0 Å². The van der Waals surface area contributed by atoms with Crippen molar-refractivity contribution >= 4 is 11.9 Å². The molecular formula is C5H8O6. The van der Waals surface area contributed by atoms with Crippen LogP contribution in [-0.4, -0.2) is 42.2 Å². The monoisotopic (exact) mass is 164 g/mol. The van der Waals surface area contributed by atoms with E-state index in [1.807, 2.05) is 0 Å². The van der Waals surface area contributed by atoms with Crippen molar-refractivity contribution in [3.8, 4) is 0 Å². The van der Waals surface area contributed by atoms with Gasteiger partial charge in [-0.05, 0) is 0 Å². The van der Waals surface area contributed by atoms with Gasteiger partial charge in [0.1, 0.15) is 6.61 Å². The summed E-state index contributed by atoms with van der Waals surface area (Å²) in [6.45, 7) is -0.690. The number of carbonyl (C=O) groups is 2. The Kier molecular flexibility index (Phi) is 4.16. The highest BCUT2D eigenvalue weighted by molar-refractivity contribution is 5.72. The number of methoxy groups -OCH3 is 1. The molecule has 0 radical (unpaired) electrons. The first-order chi connectivity index (χ1) is 5.07. The maximum Gasteiger partial charge on any atom is 0.361 e. The fraction of sp³-hybridized carbons (Fsp3) is 0.600. The summed E-state index contributed by atoms with van der Waals surface area (Å²) in [4.78, 5) is 20.0. The largest absolute Gasteiger partial charge is 0.480 e. The van der Waals surface area contributed by atoms with Gasteiger partial charge in [-0.25, -0.2) is 9.59 Å². The maximum atomic E-state index is 10.1. The van der Waals surface area contributed by atoms with Crippen LogP contribution in [0.3, 0.4) is 0 Å². The normalized spacial score (nSPS) is 12.5. The lowest BCUT2D eigenvalue weighted by Crippen LogP contribution is -2.28. The van der Waals surface area contributed by atoms with E-state index in [0.29, 0.717) is 0 Å². The van der Waals surface area contributed by atoms with Gasteiger partial charge in [0.15, 0.2) is 0 Å². The van der Waals surface area contributed by atoms with E-state index in [1.165, 1.54) is 0 Å². The van der Waals surface area contributed by atoms with E-state index < -0.39 is 24.8 Å². The first-order valence-electron chi connectivity index (χ1n) is 2.67. The fourth-order valence-electron chi connectivity index (χ4n) is 0.387. The molecule has 0 aromatic heterocycles. The predicted octanol–water partition coefficient (Wildman–Crippen LogP) is -0.855. The van der Waals surface area contributed by atoms with Crippen LogP contribution in [0.5, 0.6) is 0 Å². The van der Waals surface area contributed by atoms with Crippen LogP contribution in [0.15, 0.2) is 0 Å². The van der Waals surface area contributed by atoms with Crippen molar-refractivity contribution in [2.45, 2.75) is 6.29 Å². The van der Waals surface area contributed by atoms with Gasteiger partial charge in [0.2, 0.25) is 0 Å². The molecule has 0 bridgehead atoms. The lowest BCUT2D eigenvalue weighted by atomic mass is 10.6. The van der Waals surface area contributed by atoms with Gasteiger partial charge in [0.05, 0.1) is 0 Å². The molecule has 0 unspecified atom stereocenters. The Morgan fingerprint density at radius 3 is 2.27 bits per heavy atom. The second-order valence-electron chi connectivity index (χ2n) is 1.61. The molecule has 0 aliphatic carbocycles. The minimum Gasteiger partial charge on any atom is -0.480 e. The predicted molar refractivity (Wildman–Crippen MR) is 32.0 cm³/mol. The van der Waals surface area contributed by atoms with Gasteiger partial charge >= 0.3 is 11.9 Å². The van der Waals surface area contributed by atoms with Crippen LogP contribution < -0.4 is 0 Å². The molecule has 0 aliphatic rings. The van der Waals surface area contributed by atoms with E-state index in [9.17, 15) is 9.59 Å². The molecule has 0 aromatic carbocycles. The Balaban J connectivity index is 3.70. The molecule has 0 saturated carbocycles. The number of carboxylic acids is 2. The Morgan fingerprint density at radius 2 is 2.00 bits per heavy atom. The third-order valence-corrected chi connectivity index (χ3v) is 0.774. The first kappa shape index (κ1) is 9.86. The SMILES string of the molecule is CO[C@@H](OCC(=O)O)C(=O)O. The molecular weight excluding hydrogens is 156 g/mol. The number of carboxylic acid groups (broad SMARTS) is 2. The quantitative estimate of drug-likeness (QED) is 0.514. The Morgan fingerprint density at radius 1 is 1.45 bits per heavy atom. The van der Waals surface area contributed by atoms with E-state index in [-0.39, 0.29) is 0 Å². The van der Waals surface area contributed by atoms with Gasteiger partial charge in [-0.3, -0.25) is 0 Å². The average Bonchev–Trinajstić information content (AvgIpc) is 1.87. The molecule has 0 rings (SSSR count). The van der Waals surface area contributed by atoms with E-state index in [4.69, 9.17) is 10.2 Å². The molecule has 64 valence electrons. The topological polar surface area (TPSA) is 93.1 Å². The molecule has 0 heterocycles. The molecule has 2 N–H and O–H groups in total. The summed E-state index contributed by atoms with van der Waals surface area (Å²) in [6, 6.07) is 0. The van der Waals surface area contributed by atoms with Gasteiger partial charge < -0.3 is 19.7 Å². The third-order valence-electron chi connectivity index (χ3n) is 0.774. The number of aliphatic carboxylic acids is 2. The maximum absolute atomic E-state index is 10.1. The van der Waals surface area contributed by atoms with E-state index in [2.05, 4.69) is 9.47 Å². The Labute approximate surface area is 62.3 Å². The second kappa shape index (κ2) is 4.64. The van der Waals surface area contributed by atoms with Crippen molar-refractivity contribution < 1.29 is 29.3 Å². The van der Waals surface area contributed by atoms with Crippen LogP contribution in [0.4, 0.5) is 0 Å². The number of hydrogen-bond acceptors (Lipinski definition) is 4. The molecule has 0 aliphatic heterocycles. The highest BCUT2D eigenvalue weighted by atomic mass is 16.7. The molecule has 6 nitrogen and oxygen atoms in total. The summed E-state index contributed by atoms with van der Waals surface area (Å²) in [5.74, 6) is -2.60. The molecule has 0 aromatic rings. The van der Waals surface area contributed by atoms with Gasteiger partial charge in [-0.15, -0.1) is 0 Å². The minimum atomic E-state index is -1.51. The highest BCUT2D eigenvalue weighted by Crippen LogP contribution is 1.91. The van der Waals surface area contributed by atoms with Crippen LogP contribution >= 0.6 is 0 Å². The lowest BCUT2D eigenvalue weighted by Gasteiger charge is -2.08. The molecule has 0 spiro atoms. The average molecular weight is 164 g/mol. The number of hydrogen-bond donors (Lipinski definition) is 2. The molecule has 6 heteroatoms. The van der Waals surface area contributed by atoms with Gasteiger partial charge in [0, 0.05) is 7.11 Å². The van der Waals surface area contributed by atoms with Crippen molar-refractivity contribution in [2.24, 2.45) is 0 Å².